The zero-order chi connectivity index (χ0) is 30.1. The van der Waals surface area contributed by atoms with Crippen molar-refractivity contribution < 1.29 is 42.2 Å². The second-order valence-electron chi connectivity index (χ2n) is 10.0. The summed E-state index contributed by atoms with van der Waals surface area (Å²) in [5, 5.41) is 19.8. The predicted molar refractivity (Wildman–Crippen MR) is 152 cm³/mol. The molecule has 0 saturated carbocycles. The minimum absolute atomic E-state index is 0.0376. The van der Waals surface area contributed by atoms with Crippen LogP contribution in [0, 0.1) is 5.41 Å². The molecule has 2 bridgehead atoms. The minimum Gasteiger partial charge on any atom is -0.383 e. The molecule has 0 spiro atoms. The molecule has 2 aromatic rings. The van der Waals surface area contributed by atoms with E-state index < -0.39 is 68.2 Å². The van der Waals surface area contributed by atoms with E-state index in [1.165, 1.54) is 11.3 Å². The van der Waals surface area contributed by atoms with E-state index in [-0.39, 0.29) is 31.9 Å². The highest BCUT2D eigenvalue weighted by atomic mass is 32.5. The molecule has 23 heteroatoms. The molecule has 9 atom stereocenters. The van der Waals surface area contributed by atoms with E-state index in [0.717, 1.165) is 0 Å². The van der Waals surface area contributed by atoms with Crippen molar-refractivity contribution in [1.82, 2.24) is 24.9 Å². The molecule has 7 heterocycles. The molecule has 19 nitrogen and oxygen atoms in total. The number of ether oxygens (including phenoxy) is 2. The summed E-state index contributed by atoms with van der Waals surface area (Å²) >= 11 is 10.6. The van der Waals surface area contributed by atoms with Crippen LogP contribution in [0.2, 0.25) is 0 Å². The largest absolute Gasteiger partial charge is 0.383 e. The van der Waals surface area contributed by atoms with Crippen molar-refractivity contribution in [3.05, 3.63) is 18.6 Å². The van der Waals surface area contributed by atoms with E-state index in [9.17, 15) is 14.6 Å². The van der Waals surface area contributed by atoms with Crippen molar-refractivity contribution in [1.29, 1.82) is 5.41 Å². The van der Waals surface area contributed by atoms with Crippen LogP contribution in [0.1, 0.15) is 19.1 Å². The smallest absolute Gasteiger partial charge is 0.325 e. The highest BCUT2D eigenvalue weighted by molar-refractivity contribution is 8.07. The topological polar surface area (TPSA) is 246 Å². The number of carbonyl (C=O) groups excluding carboxylic acids is 1. The molecule has 5 aliphatic rings. The van der Waals surface area contributed by atoms with Crippen LogP contribution in [0.25, 0.3) is 11.0 Å². The maximum absolute atomic E-state index is 12.3. The second-order valence-corrected chi connectivity index (χ2v) is 15.6. The third kappa shape index (κ3) is 5.65. The monoisotopic (exact) mass is 674 g/mol. The SMILES string of the molecule is N=C1N=C2C(N=NN2[C@@H]2O[C@@H]3COP(O)(=S)O[C@H]4C[C@H](n5ccc6c(N)ncnc65)O[C@@H]4COP(O)(=S)O[C@@H]2C3)C(=O)N1. The highest BCUT2D eigenvalue weighted by Gasteiger charge is 2.50. The fourth-order valence-corrected chi connectivity index (χ4v) is 8.29. The molecule has 43 heavy (non-hydrogen) atoms. The Labute approximate surface area is 252 Å². The molecule has 0 aliphatic carbocycles. The van der Waals surface area contributed by atoms with Gasteiger partial charge in [0.05, 0.1) is 30.8 Å². The lowest BCUT2D eigenvalue weighted by molar-refractivity contribution is -0.119. The maximum Gasteiger partial charge on any atom is 0.325 e. The van der Waals surface area contributed by atoms with Crippen molar-refractivity contribution in [3.63, 3.8) is 0 Å². The van der Waals surface area contributed by atoms with E-state index in [4.69, 9.17) is 62.3 Å². The highest BCUT2D eigenvalue weighted by Crippen LogP contribution is 2.53. The summed E-state index contributed by atoms with van der Waals surface area (Å²) in [6.45, 7) is -8.29. The Morgan fingerprint density at radius 2 is 1.84 bits per heavy atom. The zero-order valence-corrected chi connectivity index (χ0v) is 25.2. The number of aromatic nitrogens is 3. The standard InChI is InChI=1S/C20H24N10O9P2S2/c21-15-9-1-2-29(16(9)24-7-23-15)13-4-10-12(37-13)6-35-41(33,43)39-11-3-8(5-34-40(32,42)38-10)36-19(11)30-17-14(27-28-30)18(31)26-20(22)25-17/h1-2,7-8,10-14,19H,3-6H2,(H,32,42)(H,33,43)(H2,21,23,24)(H2,22,26,31)/t8-,10-,11+,12+,13+,14?,19+,40?,41?/m0/s1. The number of hydrogen-bond donors (Lipinski definition) is 5. The van der Waals surface area contributed by atoms with Gasteiger partial charge in [0.15, 0.2) is 12.1 Å². The Morgan fingerprint density at radius 1 is 1.07 bits per heavy atom. The third-order valence-corrected chi connectivity index (χ3v) is 10.4. The van der Waals surface area contributed by atoms with Crippen LogP contribution in [-0.2, 0) is 56.0 Å². The van der Waals surface area contributed by atoms with Gasteiger partial charge >= 0.3 is 13.4 Å². The minimum atomic E-state index is -3.95. The number of anilines is 1. The molecular formula is C20H24N10O9P2S2. The van der Waals surface area contributed by atoms with Crippen molar-refractivity contribution in [2.45, 2.75) is 55.8 Å². The molecule has 2 aromatic heterocycles. The number of amidine groups is 1. The first-order valence-electron chi connectivity index (χ1n) is 12.8. The molecule has 0 aromatic carbocycles. The number of hydrogen-bond acceptors (Lipinski definition) is 16. The molecule has 3 saturated heterocycles. The van der Waals surface area contributed by atoms with Gasteiger partial charge in [-0.25, -0.2) is 9.97 Å². The second kappa shape index (κ2) is 10.9. The number of nitrogens with one attached hydrogen (secondary N) is 2. The van der Waals surface area contributed by atoms with Gasteiger partial charge in [0.2, 0.25) is 12.0 Å². The Balaban J connectivity index is 1.13. The first kappa shape index (κ1) is 29.3. The van der Waals surface area contributed by atoms with Crippen LogP contribution in [0.3, 0.4) is 0 Å². The Hall–Kier alpha value is -2.39. The van der Waals surface area contributed by atoms with Gasteiger partial charge in [0, 0.05) is 19.0 Å². The maximum atomic E-state index is 12.3. The quantitative estimate of drug-likeness (QED) is 0.267. The van der Waals surface area contributed by atoms with Crippen LogP contribution in [0.4, 0.5) is 5.82 Å². The Kier molecular flexibility index (Phi) is 7.43. The van der Waals surface area contributed by atoms with Crippen molar-refractivity contribution in [2.75, 3.05) is 18.9 Å². The lowest BCUT2D eigenvalue weighted by atomic mass is 10.2. The van der Waals surface area contributed by atoms with E-state index in [1.54, 1.807) is 16.8 Å². The van der Waals surface area contributed by atoms with Crippen LogP contribution in [-0.4, -0.2) is 96.9 Å². The van der Waals surface area contributed by atoms with Gasteiger partial charge in [0.1, 0.15) is 36.2 Å². The number of rotatable bonds is 2. The van der Waals surface area contributed by atoms with Crippen molar-refractivity contribution in [2.24, 2.45) is 15.3 Å². The van der Waals surface area contributed by atoms with Gasteiger partial charge in [-0.05, 0) is 29.7 Å². The summed E-state index contributed by atoms with van der Waals surface area (Å²) in [6.07, 6.45) is -1.69. The zero-order valence-electron chi connectivity index (χ0n) is 21.8. The molecule has 7 rings (SSSR count). The van der Waals surface area contributed by atoms with Gasteiger partial charge in [0.25, 0.3) is 5.91 Å². The number of nitrogens with zero attached hydrogens (tertiary/aromatic N) is 7. The molecule has 5 aliphatic heterocycles. The third-order valence-electron chi connectivity index (χ3n) is 7.24. The number of nitrogen functional groups attached to an aromatic ring is 1. The molecular weight excluding hydrogens is 650 g/mol. The average Bonchev–Trinajstić information content (AvgIpc) is 3.71. The van der Waals surface area contributed by atoms with Crippen molar-refractivity contribution in [3.8, 4) is 0 Å². The van der Waals surface area contributed by atoms with E-state index in [0.29, 0.717) is 16.9 Å². The van der Waals surface area contributed by atoms with Crippen molar-refractivity contribution >= 4 is 71.6 Å². The molecule has 3 unspecified atom stereocenters. The fourth-order valence-electron chi connectivity index (χ4n) is 5.36. The lowest BCUT2D eigenvalue weighted by Gasteiger charge is -2.30. The summed E-state index contributed by atoms with van der Waals surface area (Å²) in [4.78, 5) is 46.7. The predicted octanol–water partition coefficient (Wildman–Crippen LogP) is 0.181. The first-order valence-corrected chi connectivity index (χ1v) is 18.0. The van der Waals surface area contributed by atoms with Crippen LogP contribution in [0.5, 0.6) is 0 Å². The molecule has 6 N–H and O–H groups in total. The van der Waals surface area contributed by atoms with E-state index in [2.05, 4.69) is 30.6 Å². The number of nitrogens with two attached hydrogens (primary N) is 1. The van der Waals surface area contributed by atoms with Crippen LogP contribution < -0.4 is 11.1 Å². The van der Waals surface area contributed by atoms with Gasteiger partial charge in [-0.1, -0.05) is 5.22 Å². The summed E-state index contributed by atoms with van der Waals surface area (Å²) in [5.74, 6) is -0.635. The molecule has 0 radical (unpaired) electrons. The normalized spacial score (nSPS) is 39.9. The van der Waals surface area contributed by atoms with Gasteiger partial charge in [-0.15, -0.1) is 5.11 Å². The van der Waals surface area contributed by atoms with E-state index >= 15 is 0 Å². The molecule has 230 valence electrons. The fraction of sp³-hybridized carbons (Fsp3) is 0.550. The van der Waals surface area contributed by atoms with Gasteiger partial charge in [-0.2, -0.15) is 10.0 Å². The lowest BCUT2D eigenvalue weighted by Crippen LogP contribution is -2.52. The summed E-state index contributed by atoms with van der Waals surface area (Å²) in [6, 6.07) is 0.665. The van der Waals surface area contributed by atoms with Crippen LogP contribution >= 0.6 is 13.4 Å². The number of carbonyl (C=O) groups is 1. The summed E-state index contributed by atoms with van der Waals surface area (Å²) in [5.41, 5.74) is 6.50. The number of guanidine groups is 1. The Morgan fingerprint density at radius 3 is 2.65 bits per heavy atom. The number of fused-ring (bicyclic) bond motifs is 5. The Bertz CT molecular complexity index is 1660. The number of amides is 1. The van der Waals surface area contributed by atoms with E-state index in [1.807, 2.05) is 0 Å². The van der Waals surface area contributed by atoms with Crippen LogP contribution in [0.15, 0.2) is 33.9 Å². The molecule has 1 amide bonds. The molecule has 3 fully saturated rings. The summed E-state index contributed by atoms with van der Waals surface area (Å²) < 4.78 is 37.1. The first-order chi connectivity index (χ1) is 20.5. The van der Waals surface area contributed by atoms with Gasteiger partial charge < -0.3 is 47.7 Å². The number of aliphatic imine (C=N–C) groups is 1. The van der Waals surface area contributed by atoms with Gasteiger partial charge in [-0.3, -0.25) is 15.5 Å². The summed E-state index contributed by atoms with van der Waals surface area (Å²) in [7, 11) is 0. The average molecular weight is 675 g/mol.